The van der Waals surface area contributed by atoms with Gasteiger partial charge in [-0.3, -0.25) is 4.79 Å². The molecule has 1 N–H and O–H groups in total. The van der Waals surface area contributed by atoms with Gasteiger partial charge in [-0.25, -0.2) is 4.98 Å². The van der Waals surface area contributed by atoms with Crippen molar-refractivity contribution in [3.63, 3.8) is 0 Å². The van der Waals surface area contributed by atoms with Gasteiger partial charge in [0, 0.05) is 32.8 Å². The average Bonchev–Trinajstić information content (AvgIpc) is 2.38. The first-order valence-corrected chi connectivity index (χ1v) is 6.13. The third-order valence-electron chi connectivity index (χ3n) is 2.53. The number of nitrogens with one attached hydrogen (secondary N) is 1. The molecule has 0 atom stereocenters. The molecule has 0 spiro atoms. The van der Waals surface area contributed by atoms with Crippen molar-refractivity contribution >= 4 is 23.3 Å². The lowest BCUT2D eigenvalue weighted by molar-refractivity contribution is 0.0706. The van der Waals surface area contributed by atoms with E-state index in [4.69, 9.17) is 16.3 Å². The van der Waals surface area contributed by atoms with Crippen LogP contribution in [0.2, 0.25) is 5.15 Å². The first-order chi connectivity index (χ1) is 8.62. The fraction of sp³-hybridized carbons (Fsp3) is 0.500. The lowest BCUT2D eigenvalue weighted by Crippen LogP contribution is -2.33. The van der Waals surface area contributed by atoms with Crippen molar-refractivity contribution in [3.05, 3.63) is 22.8 Å². The Kier molecular flexibility index (Phi) is 5.88. The number of pyridine rings is 1. The van der Waals surface area contributed by atoms with Crippen LogP contribution < -0.4 is 5.32 Å². The zero-order chi connectivity index (χ0) is 13.5. The zero-order valence-corrected chi connectivity index (χ0v) is 11.6. The fourth-order valence-corrected chi connectivity index (χ4v) is 1.74. The number of halogens is 1. The minimum atomic E-state index is -0.0737. The third kappa shape index (κ3) is 3.85. The van der Waals surface area contributed by atoms with Crippen molar-refractivity contribution in [3.8, 4) is 0 Å². The smallest absolute Gasteiger partial charge is 0.254 e. The van der Waals surface area contributed by atoms with E-state index < -0.39 is 0 Å². The van der Waals surface area contributed by atoms with Gasteiger partial charge in [-0.05, 0) is 19.1 Å². The number of nitrogens with zero attached hydrogens (tertiary/aromatic N) is 2. The predicted octanol–water partition coefficient (Wildman–Crippen LogP) is 1.89. The van der Waals surface area contributed by atoms with Gasteiger partial charge in [0.05, 0.1) is 6.61 Å². The molecule has 0 bridgehead atoms. The highest BCUT2D eigenvalue weighted by atomic mass is 35.5. The summed E-state index contributed by atoms with van der Waals surface area (Å²) >= 11 is 5.88. The lowest BCUT2D eigenvalue weighted by atomic mass is 10.2. The number of aromatic nitrogens is 1. The van der Waals surface area contributed by atoms with Gasteiger partial charge in [-0.1, -0.05) is 11.6 Å². The van der Waals surface area contributed by atoms with Crippen molar-refractivity contribution in [2.75, 3.05) is 39.2 Å². The molecule has 0 saturated carbocycles. The van der Waals surface area contributed by atoms with Crippen LogP contribution in [0.5, 0.6) is 0 Å². The second-order valence-corrected chi connectivity index (χ2v) is 4.08. The van der Waals surface area contributed by atoms with E-state index in [1.807, 2.05) is 6.92 Å². The van der Waals surface area contributed by atoms with E-state index in [0.29, 0.717) is 36.2 Å². The van der Waals surface area contributed by atoms with Gasteiger partial charge < -0.3 is 15.0 Å². The second-order valence-electron chi connectivity index (χ2n) is 3.69. The first kappa shape index (κ1) is 14.7. The minimum Gasteiger partial charge on any atom is -0.383 e. The highest BCUT2D eigenvalue weighted by Gasteiger charge is 2.15. The van der Waals surface area contributed by atoms with Crippen LogP contribution in [0.15, 0.2) is 12.1 Å². The van der Waals surface area contributed by atoms with Crippen LogP contribution in [0.4, 0.5) is 5.82 Å². The number of ether oxygens (including phenoxy) is 1. The number of methoxy groups -OCH3 is 1. The molecule has 0 saturated heterocycles. The number of anilines is 1. The van der Waals surface area contributed by atoms with Gasteiger partial charge >= 0.3 is 0 Å². The fourth-order valence-electron chi connectivity index (χ4n) is 1.54. The Balaban J connectivity index is 2.90. The van der Waals surface area contributed by atoms with Crippen LogP contribution >= 0.6 is 11.6 Å². The number of amides is 1. The minimum absolute atomic E-state index is 0.0737. The van der Waals surface area contributed by atoms with E-state index in [1.54, 1.807) is 31.2 Å². The van der Waals surface area contributed by atoms with E-state index >= 15 is 0 Å². The van der Waals surface area contributed by atoms with Gasteiger partial charge in [0.25, 0.3) is 5.91 Å². The summed E-state index contributed by atoms with van der Waals surface area (Å²) in [5.41, 5.74) is 0.525. The summed E-state index contributed by atoms with van der Waals surface area (Å²) in [6, 6.07) is 3.25. The van der Waals surface area contributed by atoms with Crippen LogP contribution in [0.25, 0.3) is 0 Å². The quantitative estimate of drug-likeness (QED) is 0.803. The Labute approximate surface area is 112 Å². The molecule has 100 valence electrons. The van der Waals surface area contributed by atoms with Crippen molar-refractivity contribution in [2.45, 2.75) is 6.92 Å². The predicted molar refractivity (Wildman–Crippen MR) is 72.2 cm³/mol. The monoisotopic (exact) mass is 271 g/mol. The van der Waals surface area contributed by atoms with E-state index in [2.05, 4.69) is 10.3 Å². The molecule has 1 rings (SSSR count). The molecule has 6 heteroatoms. The lowest BCUT2D eigenvalue weighted by Gasteiger charge is -2.20. The number of hydrogen-bond donors (Lipinski definition) is 1. The molecule has 0 aliphatic heterocycles. The van der Waals surface area contributed by atoms with Crippen molar-refractivity contribution in [1.82, 2.24) is 9.88 Å². The number of carbonyl (C=O) groups excluding carboxylic acids is 1. The van der Waals surface area contributed by atoms with Gasteiger partial charge in [-0.2, -0.15) is 0 Å². The summed E-state index contributed by atoms with van der Waals surface area (Å²) in [6.45, 7) is 3.62. The Morgan fingerprint density at radius 3 is 2.83 bits per heavy atom. The maximum Gasteiger partial charge on any atom is 0.254 e. The standard InChI is InChI=1S/C12H18ClN3O2/c1-4-16(5-6-18-3)12(17)9-7-10(13)15-11(8-9)14-2/h7-8H,4-6H2,1-3H3,(H,14,15). The van der Waals surface area contributed by atoms with Crippen molar-refractivity contribution < 1.29 is 9.53 Å². The largest absolute Gasteiger partial charge is 0.383 e. The highest BCUT2D eigenvalue weighted by molar-refractivity contribution is 6.29. The topological polar surface area (TPSA) is 54.5 Å². The Hall–Kier alpha value is -1.33. The SMILES string of the molecule is CCN(CCOC)C(=O)c1cc(Cl)nc(NC)c1. The molecule has 0 aromatic carbocycles. The number of likely N-dealkylation sites (N-methyl/N-ethyl adjacent to an activating group) is 1. The van der Waals surface area contributed by atoms with Gasteiger partial charge in [0.2, 0.25) is 0 Å². The second kappa shape index (κ2) is 7.18. The molecule has 1 amide bonds. The van der Waals surface area contributed by atoms with Crippen LogP contribution in [-0.2, 0) is 4.74 Å². The molecule has 18 heavy (non-hydrogen) atoms. The Morgan fingerprint density at radius 2 is 2.28 bits per heavy atom. The summed E-state index contributed by atoms with van der Waals surface area (Å²) in [5.74, 6) is 0.504. The molecular formula is C12H18ClN3O2. The zero-order valence-electron chi connectivity index (χ0n) is 10.9. The van der Waals surface area contributed by atoms with Crippen molar-refractivity contribution in [1.29, 1.82) is 0 Å². The molecule has 1 heterocycles. The highest BCUT2D eigenvalue weighted by Crippen LogP contribution is 2.15. The normalized spacial score (nSPS) is 10.2. The van der Waals surface area contributed by atoms with E-state index in [9.17, 15) is 4.79 Å². The maximum atomic E-state index is 12.3. The molecule has 0 radical (unpaired) electrons. The Bertz CT molecular complexity index is 412. The summed E-state index contributed by atoms with van der Waals surface area (Å²) in [5, 5.41) is 3.17. The summed E-state index contributed by atoms with van der Waals surface area (Å²) < 4.78 is 4.98. The Morgan fingerprint density at radius 1 is 1.56 bits per heavy atom. The van der Waals surface area contributed by atoms with E-state index in [0.717, 1.165) is 0 Å². The summed E-state index contributed by atoms with van der Waals surface area (Å²) in [4.78, 5) is 18.0. The molecule has 0 aliphatic carbocycles. The van der Waals surface area contributed by atoms with E-state index in [1.165, 1.54) is 0 Å². The van der Waals surface area contributed by atoms with Crippen LogP contribution in [0.1, 0.15) is 17.3 Å². The summed E-state index contributed by atoms with van der Waals surface area (Å²) in [6.07, 6.45) is 0. The van der Waals surface area contributed by atoms with Gasteiger partial charge in [-0.15, -0.1) is 0 Å². The third-order valence-corrected chi connectivity index (χ3v) is 2.73. The van der Waals surface area contributed by atoms with E-state index in [-0.39, 0.29) is 5.91 Å². The molecule has 5 nitrogen and oxygen atoms in total. The van der Waals surface area contributed by atoms with Crippen LogP contribution in [0, 0.1) is 0 Å². The molecule has 1 aromatic heterocycles. The first-order valence-electron chi connectivity index (χ1n) is 5.76. The van der Waals surface area contributed by atoms with Crippen molar-refractivity contribution in [2.24, 2.45) is 0 Å². The average molecular weight is 272 g/mol. The number of carbonyl (C=O) groups is 1. The van der Waals surface area contributed by atoms with Crippen LogP contribution in [-0.4, -0.2) is 49.6 Å². The molecule has 0 fully saturated rings. The molecule has 1 aromatic rings. The molecule has 0 aliphatic rings. The maximum absolute atomic E-state index is 12.3. The molecule has 0 unspecified atom stereocenters. The molecular weight excluding hydrogens is 254 g/mol. The van der Waals surface area contributed by atoms with Gasteiger partial charge in [0.15, 0.2) is 0 Å². The van der Waals surface area contributed by atoms with Crippen LogP contribution in [0.3, 0.4) is 0 Å². The number of hydrogen-bond acceptors (Lipinski definition) is 4. The summed E-state index contributed by atoms with van der Waals surface area (Å²) in [7, 11) is 3.34. The van der Waals surface area contributed by atoms with Gasteiger partial charge in [0.1, 0.15) is 11.0 Å². The number of rotatable bonds is 6.